The Morgan fingerprint density at radius 1 is 1.24 bits per heavy atom. The maximum Gasteiger partial charge on any atom is 0.257 e. The first kappa shape index (κ1) is 13.5. The SMILES string of the molecule is CNc1cc(C(=O)Nc2nc3ccc(C)cc3s2)ccn1. The summed E-state index contributed by atoms with van der Waals surface area (Å²) in [6.07, 6.45) is 1.60. The number of aromatic nitrogens is 2. The number of hydrogen-bond acceptors (Lipinski definition) is 5. The van der Waals surface area contributed by atoms with Crippen LogP contribution in [-0.4, -0.2) is 22.9 Å². The van der Waals surface area contributed by atoms with Crippen molar-refractivity contribution in [3.8, 4) is 0 Å². The molecule has 1 amide bonds. The average molecular weight is 298 g/mol. The molecule has 2 aromatic heterocycles. The smallest absolute Gasteiger partial charge is 0.257 e. The minimum Gasteiger partial charge on any atom is -0.373 e. The van der Waals surface area contributed by atoms with Crippen molar-refractivity contribution in [2.75, 3.05) is 17.7 Å². The standard InChI is InChI=1S/C15H14N4OS/c1-9-3-4-11-12(7-9)21-15(18-11)19-14(20)10-5-6-17-13(8-10)16-2/h3-8H,1-2H3,(H,16,17)(H,18,19,20). The molecule has 6 heteroatoms. The van der Waals surface area contributed by atoms with Crippen LogP contribution in [0.1, 0.15) is 15.9 Å². The molecule has 0 saturated heterocycles. The van der Waals surface area contributed by atoms with E-state index in [0.717, 1.165) is 10.2 Å². The van der Waals surface area contributed by atoms with E-state index in [1.54, 1.807) is 25.4 Å². The third-order valence-corrected chi connectivity index (χ3v) is 3.98. The summed E-state index contributed by atoms with van der Waals surface area (Å²) in [5, 5.41) is 6.34. The van der Waals surface area contributed by atoms with Gasteiger partial charge >= 0.3 is 0 Å². The lowest BCUT2D eigenvalue weighted by molar-refractivity contribution is 0.102. The van der Waals surface area contributed by atoms with E-state index in [1.807, 2.05) is 19.1 Å². The van der Waals surface area contributed by atoms with Crippen LogP contribution in [0.4, 0.5) is 10.9 Å². The van der Waals surface area contributed by atoms with Crippen LogP contribution in [-0.2, 0) is 0 Å². The number of hydrogen-bond donors (Lipinski definition) is 2. The molecule has 0 spiro atoms. The van der Waals surface area contributed by atoms with Gasteiger partial charge in [0.1, 0.15) is 5.82 Å². The van der Waals surface area contributed by atoms with Gasteiger partial charge in [0.2, 0.25) is 0 Å². The molecule has 0 unspecified atom stereocenters. The third kappa shape index (κ3) is 2.85. The van der Waals surface area contributed by atoms with E-state index in [0.29, 0.717) is 16.5 Å². The van der Waals surface area contributed by atoms with Gasteiger partial charge in [-0.05, 0) is 36.8 Å². The average Bonchev–Trinajstić information content (AvgIpc) is 2.88. The number of aryl methyl sites for hydroxylation is 1. The molecule has 0 aliphatic heterocycles. The zero-order chi connectivity index (χ0) is 14.8. The minimum atomic E-state index is -0.190. The number of rotatable bonds is 3. The molecule has 0 radical (unpaired) electrons. The van der Waals surface area contributed by atoms with Crippen molar-refractivity contribution in [1.29, 1.82) is 0 Å². The molecule has 0 saturated carbocycles. The molecular formula is C15H14N4OS. The number of nitrogens with one attached hydrogen (secondary N) is 2. The van der Waals surface area contributed by atoms with Gasteiger partial charge in [-0.2, -0.15) is 0 Å². The van der Waals surface area contributed by atoms with Crippen LogP contribution < -0.4 is 10.6 Å². The first-order chi connectivity index (χ1) is 10.2. The fourth-order valence-electron chi connectivity index (χ4n) is 1.96. The van der Waals surface area contributed by atoms with Crippen LogP contribution in [0.5, 0.6) is 0 Å². The van der Waals surface area contributed by atoms with Crippen molar-refractivity contribution < 1.29 is 4.79 Å². The lowest BCUT2D eigenvalue weighted by Gasteiger charge is -2.03. The van der Waals surface area contributed by atoms with Crippen molar-refractivity contribution in [1.82, 2.24) is 9.97 Å². The molecule has 5 nitrogen and oxygen atoms in total. The van der Waals surface area contributed by atoms with Crippen molar-refractivity contribution >= 4 is 38.4 Å². The summed E-state index contributed by atoms with van der Waals surface area (Å²) in [7, 11) is 1.76. The maximum atomic E-state index is 12.2. The molecule has 21 heavy (non-hydrogen) atoms. The first-order valence-corrected chi connectivity index (χ1v) is 7.30. The molecule has 2 N–H and O–H groups in total. The zero-order valence-corrected chi connectivity index (χ0v) is 12.5. The Morgan fingerprint density at radius 2 is 2.10 bits per heavy atom. The predicted octanol–water partition coefficient (Wildman–Crippen LogP) is 3.29. The second kappa shape index (κ2) is 5.49. The second-order valence-corrected chi connectivity index (χ2v) is 5.65. The summed E-state index contributed by atoms with van der Waals surface area (Å²) < 4.78 is 1.07. The Balaban J connectivity index is 1.85. The van der Waals surface area contributed by atoms with E-state index in [1.165, 1.54) is 16.9 Å². The van der Waals surface area contributed by atoms with Crippen LogP contribution in [0.25, 0.3) is 10.2 Å². The summed E-state index contributed by atoms with van der Waals surface area (Å²) in [4.78, 5) is 20.7. The van der Waals surface area contributed by atoms with Crippen molar-refractivity contribution in [3.63, 3.8) is 0 Å². The predicted molar refractivity (Wildman–Crippen MR) is 86.1 cm³/mol. The van der Waals surface area contributed by atoms with Crippen LogP contribution in [0.2, 0.25) is 0 Å². The Bertz CT molecular complexity index is 812. The Kier molecular flexibility index (Phi) is 3.53. The van der Waals surface area contributed by atoms with E-state index in [-0.39, 0.29) is 5.91 Å². The number of carbonyl (C=O) groups is 1. The van der Waals surface area contributed by atoms with Gasteiger partial charge in [0.15, 0.2) is 5.13 Å². The van der Waals surface area contributed by atoms with Gasteiger partial charge in [0, 0.05) is 18.8 Å². The maximum absolute atomic E-state index is 12.2. The number of pyridine rings is 1. The number of anilines is 2. The normalized spacial score (nSPS) is 10.6. The highest BCUT2D eigenvalue weighted by Crippen LogP contribution is 2.27. The number of benzene rings is 1. The molecule has 0 aliphatic rings. The second-order valence-electron chi connectivity index (χ2n) is 4.62. The molecule has 3 aromatic rings. The van der Waals surface area contributed by atoms with Crippen LogP contribution >= 0.6 is 11.3 Å². The Labute approximate surface area is 126 Å². The highest BCUT2D eigenvalue weighted by molar-refractivity contribution is 7.22. The molecule has 106 valence electrons. The number of amides is 1. The van der Waals surface area contributed by atoms with Gasteiger partial charge in [-0.1, -0.05) is 17.4 Å². The number of fused-ring (bicyclic) bond motifs is 1. The molecule has 0 aliphatic carbocycles. The van der Waals surface area contributed by atoms with Gasteiger partial charge in [-0.25, -0.2) is 9.97 Å². The zero-order valence-electron chi connectivity index (χ0n) is 11.7. The summed E-state index contributed by atoms with van der Waals surface area (Å²) in [5.74, 6) is 0.465. The fourth-order valence-corrected chi connectivity index (χ4v) is 2.92. The quantitative estimate of drug-likeness (QED) is 0.778. The summed E-state index contributed by atoms with van der Waals surface area (Å²) in [5.41, 5.74) is 2.62. The van der Waals surface area contributed by atoms with E-state index >= 15 is 0 Å². The van der Waals surface area contributed by atoms with Crippen LogP contribution in [0.3, 0.4) is 0 Å². The lowest BCUT2D eigenvalue weighted by atomic mass is 10.2. The molecule has 0 fully saturated rings. The number of carbonyl (C=O) groups excluding carboxylic acids is 1. The van der Waals surface area contributed by atoms with Crippen molar-refractivity contribution in [2.45, 2.75) is 6.92 Å². The monoisotopic (exact) mass is 298 g/mol. The van der Waals surface area contributed by atoms with Gasteiger partial charge in [0.05, 0.1) is 10.2 Å². The summed E-state index contributed by atoms with van der Waals surface area (Å²) >= 11 is 1.47. The molecule has 0 bridgehead atoms. The van der Waals surface area contributed by atoms with E-state index in [4.69, 9.17) is 0 Å². The molecule has 1 aromatic carbocycles. The van der Waals surface area contributed by atoms with Crippen molar-refractivity contribution in [3.05, 3.63) is 47.7 Å². The molecule has 2 heterocycles. The number of thiazole rings is 1. The minimum absolute atomic E-state index is 0.190. The highest BCUT2D eigenvalue weighted by Gasteiger charge is 2.10. The van der Waals surface area contributed by atoms with E-state index in [9.17, 15) is 4.79 Å². The summed E-state index contributed by atoms with van der Waals surface area (Å²) in [6.45, 7) is 2.04. The Morgan fingerprint density at radius 3 is 2.90 bits per heavy atom. The largest absolute Gasteiger partial charge is 0.373 e. The lowest BCUT2D eigenvalue weighted by Crippen LogP contribution is -2.12. The molecular weight excluding hydrogens is 284 g/mol. The third-order valence-electron chi connectivity index (χ3n) is 3.04. The topological polar surface area (TPSA) is 66.9 Å². The van der Waals surface area contributed by atoms with Gasteiger partial charge in [-0.3, -0.25) is 10.1 Å². The van der Waals surface area contributed by atoms with E-state index in [2.05, 4.69) is 26.7 Å². The summed E-state index contributed by atoms with van der Waals surface area (Å²) in [6, 6.07) is 9.41. The molecule has 0 atom stereocenters. The number of nitrogens with zero attached hydrogens (tertiary/aromatic N) is 2. The van der Waals surface area contributed by atoms with Crippen molar-refractivity contribution in [2.24, 2.45) is 0 Å². The van der Waals surface area contributed by atoms with E-state index < -0.39 is 0 Å². The van der Waals surface area contributed by atoms with Crippen LogP contribution in [0, 0.1) is 6.92 Å². The fraction of sp³-hybridized carbons (Fsp3) is 0.133. The van der Waals surface area contributed by atoms with Gasteiger partial charge in [0.25, 0.3) is 5.91 Å². The molecule has 3 rings (SSSR count). The first-order valence-electron chi connectivity index (χ1n) is 6.48. The van der Waals surface area contributed by atoms with Gasteiger partial charge < -0.3 is 5.32 Å². The van der Waals surface area contributed by atoms with Gasteiger partial charge in [-0.15, -0.1) is 0 Å². The highest BCUT2D eigenvalue weighted by atomic mass is 32.1. The Hall–Kier alpha value is -2.47. The van der Waals surface area contributed by atoms with Crippen LogP contribution in [0.15, 0.2) is 36.5 Å².